The van der Waals surface area contributed by atoms with E-state index in [9.17, 15) is 24.1 Å². The van der Waals surface area contributed by atoms with Gasteiger partial charge >= 0.3 is 11.7 Å². The minimum absolute atomic E-state index is 0.383. The van der Waals surface area contributed by atoms with E-state index in [0.717, 1.165) is 31.0 Å². The summed E-state index contributed by atoms with van der Waals surface area (Å²) in [6.07, 6.45) is 1.66. The minimum Gasteiger partial charge on any atom is -0.477 e. The molecule has 0 atom stereocenters. The molecular weight excluding hydrogens is 297 g/mol. The van der Waals surface area contributed by atoms with Gasteiger partial charge in [-0.05, 0) is 12.5 Å². The van der Waals surface area contributed by atoms with Crippen molar-refractivity contribution in [3.05, 3.63) is 34.1 Å². The van der Waals surface area contributed by atoms with Crippen molar-refractivity contribution >= 4 is 17.6 Å². The number of carbonyl (C=O) groups is 2. The summed E-state index contributed by atoms with van der Waals surface area (Å²) in [5, 5.41) is 15.2. The van der Waals surface area contributed by atoms with Gasteiger partial charge in [0.1, 0.15) is 5.82 Å². The SMILES string of the molecule is CCCCNC(=O)NC(=O)COc1cc(F)ccc1[N+](=O)[O-]. The molecule has 1 rings (SSSR count). The number of hydrogen-bond donors (Lipinski definition) is 2. The smallest absolute Gasteiger partial charge is 0.321 e. The first-order valence-electron chi connectivity index (χ1n) is 6.58. The summed E-state index contributed by atoms with van der Waals surface area (Å²) in [6.45, 7) is 1.72. The van der Waals surface area contributed by atoms with Crippen LogP contribution in [0.3, 0.4) is 0 Å². The number of nitro benzene ring substituents is 1. The van der Waals surface area contributed by atoms with Crippen LogP contribution in [-0.2, 0) is 4.79 Å². The van der Waals surface area contributed by atoms with Crippen LogP contribution in [0.25, 0.3) is 0 Å². The predicted molar refractivity (Wildman–Crippen MR) is 75.0 cm³/mol. The van der Waals surface area contributed by atoms with Crippen LogP contribution in [0.2, 0.25) is 0 Å². The zero-order valence-electron chi connectivity index (χ0n) is 11.9. The highest BCUT2D eigenvalue weighted by Gasteiger charge is 2.17. The van der Waals surface area contributed by atoms with Crippen LogP contribution < -0.4 is 15.4 Å². The van der Waals surface area contributed by atoms with E-state index in [1.54, 1.807) is 0 Å². The number of amides is 3. The van der Waals surface area contributed by atoms with Crippen LogP contribution >= 0.6 is 0 Å². The fraction of sp³-hybridized carbons (Fsp3) is 0.385. The van der Waals surface area contributed by atoms with Gasteiger partial charge in [-0.3, -0.25) is 20.2 Å². The van der Waals surface area contributed by atoms with Crippen molar-refractivity contribution in [1.82, 2.24) is 10.6 Å². The Bertz CT molecular complexity index is 565. The number of carbonyl (C=O) groups excluding carboxylic acids is 2. The Labute approximate surface area is 125 Å². The van der Waals surface area contributed by atoms with Gasteiger partial charge in [0.05, 0.1) is 4.92 Å². The molecule has 0 bridgehead atoms. The Balaban J connectivity index is 2.52. The van der Waals surface area contributed by atoms with Gasteiger partial charge in [-0.1, -0.05) is 13.3 Å². The molecule has 2 N–H and O–H groups in total. The molecule has 0 aliphatic heterocycles. The Morgan fingerprint density at radius 1 is 1.41 bits per heavy atom. The van der Waals surface area contributed by atoms with E-state index >= 15 is 0 Å². The molecule has 0 fully saturated rings. The lowest BCUT2D eigenvalue weighted by atomic mass is 10.3. The summed E-state index contributed by atoms with van der Waals surface area (Å²) < 4.78 is 17.9. The van der Waals surface area contributed by atoms with Gasteiger partial charge in [0.25, 0.3) is 5.91 Å². The summed E-state index contributed by atoms with van der Waals surface area (Å²) >= 11 is 0. The van der Waals surface area contributed by atoms with E-state index in [-0.39, 0.29) is 5.75 Å². The third kappa shape index (κ3) is 5.73. The zero-order valence-corrected chi connectivity index (χ0v) is 11.9. The Morgan fingerprint density at radius 3 is 2.77 bits per heavy atom. The third-order valence-electron chi connectivity index (χ3n) is 2.55. The number of rotatable bonds is 7. The zero-order chi connectivity index (χ0) is 16.5. The summed E-state index contributed by atoms with van der Waals surface area (Å²) in [5.74, 6) is -1.92. The average Bonchev–Trinajstić information content (AvgIpc) is 2.45. The van der Waals surface area contributed by atoms with Crippen molar-refractivity contribution in [2.45, 2.75) is 19.8 Å². The monoisotopic (exact) mass is 313 g/mol. The molecule has 3 amide bonds. The predicted octanol–water partition coefficient (Wildman–Crippen LogP) is 1.74. The van der Waals surface area contributed by atoms with Crippen LogP contribution in [0.4, 0.5) is 14.9 Å². The molecule has 0 aromatic heterocycles. The second kappa shape index (κ2) is 8.55. The molecule has 0 radical (unpaired) electrons. The van der Waals surface area contributed by atoms with Crippen LogP contribution in [0.1, 0.15) is 19.8 Å². The molecule has 9 heteroatoms. The van der Waals surface area contributed by atoms with Gasteiger partial charge in [-0.25, -0.2) is 9.18 Å². The van der Waals surface area contributed by atoms with Gasteiger partial charge in [0, 0.05) is 18.7 Å². The molecule has 22 heavy (non-hydrogen) atoms. The normalized spacial score (nSPS) is 9.91. The highest BCUT2D eigenvalue weighted by Crippen LogP contribution is 2.27. The summed E-state index contributed by atoms with van der Waals surface area (Å²) in [6, 6.07) is 1.95. The highest BCUT2D eigenvalue weighted by molar-refractivity contribution is 5.95. The van der Waals surface area contributed by atoms with E-state index in [4.69, 9.17) is 4.74 Å². The van der Waals surface area contributed by atoms with Crippen molar-refractivity contribution in [3.63, 3.8) is 0 Å². The number of halogens is 1. The lowest BCUT2D eigenvalue weighted by Gasteiger charge is -2.08. The average molecular weight is 313 g/mol. The fourth-order valence-corrected chi connectivity index (χ4v) is 1.48. The van der Waals surface area contributed by atoms with Crippen molar-refractivity contribution in [2.24, 2.45) is 0 Å². The molecule has 0 saturated heterocycles. The van der Waals surface area contributed by atoms with E-state index in [1.165, 1.54) is 0 Å². The van der Waals surface area contributed by atoms with Crippen molar-refractivity contribution in [3.8, 4) is 5.75 Å². The Hall–Kier alpha value is -2.71. The molecule has 0 unspecified atom stereocenters. The molecule has 1 aromatic carbocycles. The maximum Gasteiger partial charge on any atom is 0.321 e. The Kier molecular flexibility index (Phi) is 6.74. The van der Waals surface area contributed by atoms with Crippen molar-refractivity contribution < 1.29 is 23.6 Å². The number of benzene rings is 1. The van der Waals surface area contributed by atoms with E-state index in [1.807, 2.05) is 12.2 Å². The van der Waals surface area contributed by atoms with E-state index in [0.29, 0.717) is 6.54 Å². The number of imide groups is 1. The highest BCUT2D eigenvalue weighted by atomic mass is 19.1. The van der Waals surface area contributed by atoms with E-state index < -0.39 is 35.0 Å². The van der Waals surface area contributed by atoms with Gasteiger partial charge in [-0.15, -0.1) is 0 Å². The lowest BCUT2D eigenvalue weighted by molar-refractivity contribution is -0.385. The van der Waals surface area contributed by atoms with Crippen LogP contribution in [-0.4, -0.2) is 30.0 Å². The molecule has 0 aliphatic rings. The molecule has 8 nitrogen and oxygen atoms in total. The maximum absolute atomic E-state index is 13.1. The fourth-order valence-electron chi connectivity index (χ4n) is 1.48. The van der Waals surface area contributed by atoms with Crippen LogP contribution in [0, 0.1) is 15.9 Å². The number of nitrogens with zero attached hydrogens (tertiary/aromatic N) is 1. The second-order valence-electron chi connectivity index (χ2n) is 4.32. The summed E-state index contributed by atoms with van der Waals surface area (Å²) in [4.78, 5) is 32.7. The van der Waals surface area contributed by atoms with Gasteiger partial charge < -0.3 is 10.1 Å². The third-order valence-corrected chi connectivity index (χ3v) is 2.55. The largest absolute Gasteiger partial charge is 0.477 e. The second-order valence-corrected chi connectivity index (χ2v) is 4.32. The molecule has 0 aliphatic carbocycles. The number of urea groups is 1. The van der Waals surface area contributed by atoms with Crippen LogP contribution in [0.5, 0.6) is 5.75 Å². The molecule has 0 heterocycles. The van der Waals surface area contributed by atoms with Crippen LogP contribution in [0.15, 0.2) is 18.2 Å². The number of nitrogens with one attached hydrogen (secondary N) is 2. The van der Waals surface area contributed by atoms with Gasteiger partial charge in [0.2, 0.25) is 5.75 Å². The Morgan fingerprint density at radius 2 is 2.14 bits per heavy atom. The first-order valence-corrected chi connectivity index (χ1v) is 6.58. The maximum atomic E-state index is 13.1. The first kappa shape index (κ1) is 17.3. The molecule has 0 saturated carbocycles. The standard InChI is InChI=1S/C13H16FN3O5/c1-2-3-6-15-13(19)16-12(18)8-22-11-7-9(14)4-5-10(11)17(20)21/h4-5,7H,2-3,6,8H2,1H3,(H2,15,16,18,19). The lowest BCUT2D eigenvalue weighted by Crippen LogP contribution is -2.41. The number of ether oxygens (including phenoxy) is 1. The van der Waals surface area contributed by atoms with Crippen molar-refractivity contribution in [1.29, 1.82) is 0 Å². The number of unbranched alkanes of at least 4 members (excludes halogenated alkanes) is 1. The van der Waals surface area contributed by atoms with Gasteiger partial charge in [0.15, 0.2) is 6.61 Å². The van der Waals surface area contributed by atoms with Gasteiger partial charge in [-0.2, -0.15) is 0 Å². The molecular formula is C13H16FN3O5. The number of hydrogen-bond acceptors (Lipinski definition) is 5. The van der Waals surface area contributed by atoms with E-state index in [2.05, 4.69) is 5.32 Å². The quantitative estimate of drug-likeness (QED) is 0.452. The minimum atomic E-state index is -0.799. The van der Waals surface area contributed by atoms with Crippen molar-refractivity contribution in [2.75, 3.05) is 13.2 Å². The molecule has 0 spiro atoms. The topological polar surface area (TPSA) is 111 Å². The summed E-state index contributed by atoms with van der Waals surface area (Å²) in [7, 11) is 0. The molecule has 120 valence electrons. The first-order chi connectivity index (χ1) is 10.4. The number of nitro groups is 1. The molecule has 1 aromatic rings. The summed E-state index contributed by atoms with van der Waals surface area (Å²) in [5.41, 5.74) is -0.471.